The Morgan fingerprint density at radius 1 is 1.07 bits per heavy atom. The van der Waals surface area contributed by atoms with Crippen LogP contribution in [0.2, 0.25) is 0 Å². The zero-order valence-corrected chi connectivity index (χ0v) is 17.7. The normalized spacial score (nSPS) is 13.5. The maximum absolute atomic E-state index is 12.9. The number of esters is 1. The van der Waals surface area contributed by atoms with Gasteiger partial charge in [0, 0.05) is 6.42 Å². The molecule has 7 heteroatoms. The highest BCUT2D eigenvalue weighted by molar-refractivity contribution is 6.00. The van der Waals surface area contributed by atoms with Crippen LogP contribution in [0.1, 0.15) is 45.2 Å². The fourth-order valence-electron chi connectivity index (χ4n) is 3.16. The second-order valence-corrected chi connectivity index (χ2v) is 8.03. The Morgan fingerprint density at radius 2 is 1.77 bits per heavy atom. The molecular formula is C23H26N2O5. The summed E-state index contributed by atoms with van der Waals surface area (Å²) in [5, 5.41) is 2.63. The smallest absolute Gasteiger partial charge is 0.412 e. The third-order valence-electron chi connectivity index (χ3n) is 4.51. The number of ether oxygens (including phenoxy) is 2. The standard InChI is InChI=1S/C23H26N2O5/c1-5-20(27)29-21-17(24-22(28)30-23(2,3)4)11-8-12-18(21)25-14-16-10-7-6-9-15(16)13-19(25)26/h6-12H,5,13-14H2,1-4H3,(H,24,28). The number of nitrogens with one attached hydrogen (secondary N) is 1. The number of hydrogen-bond donors (Lipinski definition) is 1. The molecule has 3 rings (SSSR count). The lowest BCUT2D eigenvalue weighted by atomic mass is 9.98. The Labute approximate surface area is 176 Å². The largest absolute Gasteiger partial charge is 0.444 e. The van der Waals surface area contributed by atoms with Gasteiger partial charge in [0.25, 0.3) is 0 Å². The van der Waals surface area contributed by atoms with Crippen LogP contribution in [0.3, 0.4) is 0 Å². The van der Waals surface area contributed by atoms with Gasteiger partial charge in [-0.15, -0.1) is 0 Å². The highest BCUT2D eigenvalue weighted by atomic mass is 16.6. The Balaban J connectivity index is 1.98. The van der Waals surface area contributed by atoms with Crippen molar-refractivity contribution in [1.29, 1.82) is 0 Å². The predicted molar refractivity (Wildman–Crippen MR) is 114 cm³/mol. The molecule has 0 unspecified atom stereocenters. The molecule has 0 aliphatic carbocycles. The molecule has 1 aliphatic rings. The summed E-state index contributed by atoms with van der Waals surface area (Å²) in [6.45, 7) is 7.29. The van der Waals surface area contributed by atoms with E-state index in [0.29, 0.717) is 12.2 Å². The van der Waals surface area contributed by atoms with E-state index in [1.165, 1.54) is 0 Å². The Morgan fingerprint density at radius 3 is 2.43 bits per heavy atom. The van der Waals surface area contributed by atoms with Gasteiger partial charge < -0.3 is 14.4 Å². The van der Waals surface area contributed by atoms with E-state index in [0.717, 1.165) is 11.1 Å². The molecule has 0 saturated heterocycles. The van der Waals surface area contributed by atoms with Crippen molar-refractivity contribution < 1.29 is 23.9 Å². The third-order valence-corrected chi connectivity index (χ3v) is 4.51. The Kier molecular flexibility index (Phi) is 6.10. The van der Waals surface area contributed by atoms with Crippen LogP contribution in [-0.4, -0.2) is 23.6 Å². The summed E-state index contributed by atoms with van der Waals surface area (Å²) in [6.07, 6.45) is -0.276. The van der Waals surface area contributed by atoms with Gasteiger partial charge >= 0.3 is 12.1 Å². The van der Waals surface area contributed by atoms with Gasteiger partial charge in [0.15, 0.2) is 5.75 Å². The first-order valence-corrected chi connectivity index (χ1v) is 9.88. The van der Waals surface area contributed by atoms with Crippen molar-refractivity contribution in [3.8, 4) is 5.75 Å². The summed E-state index contributed by atoms with van der Waals surface area (Å²) in [6, 6.07) is 12.7. The van der Waals surface area contributed by atoms with Gasteiger partial charge in [0.2, 0.25) is 5.91 Å². The lowest BCUT2D eigenvalue weighted by Gasteiger charge is -2.30. The van der Waals surface area contributed by atoms with E-state index in [2.05, 4.69) is 5.32 Å². The van der Waals surface area contributed by atoms with Crippen molar-refractivity contribution in [3.63, 3.8) is 0 Å². The zero-order chi connectivity index (χ0) is 21.9. The van der Waals surface area contributed by atoms with Crippen LogP contribution in [0, 0.1) is 0 Å². The number of nitrogens with zero attached hydrogens (tertiary/aromatic N) is 1. The maximum atomic E-state index is 12.9. The van der Waals surface area contributed by atoms with Crippen molar-refractivity contribution >= 4 is 29.3 Å². The molecule has 0 fully saturated rings. The molecule has 0 saturated carbocycles. The van der Waals surface area contributed by atoms with Crippen molar-refractivity contribution in [2.75, 3.05) is 10.2 Å². The lowest BCUT2D eigenvalue weighted by molar-refractivity contribution is -0.134. The van der Waals surface area contributed by atoms with Gasteiger partial charge in [-0.25, -0.2) is 4.79 Å². The number of carbonyl (C=O) groups excluding carboxylic acids is 3. The second-order valence-electron chi connectivity index (χ2n) is 8.03. The number of benzene rings is 2. The molecule has 1 N–H and O–H groups in total. The Hall–Kier alpha value is -3.35. The van der Waals surface area contributed by atoms with E-state index >= 15 is 0 Å². The van der Waals surface area contributed by atoms with Gasteiger partial charge in [0.05, 0.1) is 24.3 Å². The first kappa shape index (κ1) is 21.4. The number of amides is 2. The van der Waals surface area contributed by atoms with E-state index in [-0.39, 0.29) is 30.2 Å². The first-order chi connectivity index (χ1) is 14.2. The number of carbonyl (C=O) groups is 3. The number of para-hydroxylation sites is 1. The van der Waals surface area contributed by atoms with Crippen LogP contribution in [0.4, 0.5) is 16.2 Å². The van der Waals surface area contributed by atoms with Crippen molar-refractivity contribution in [3.05, 3.63) is 53.6 Å². The minimum absolute atomic E-state index is 0.114. The molecule has 7 nitrogen and oxygen atoms in total. The third kappa shape index (κ3) is 4.97. The fraction of sp³-hybridized carbons (Fsp3) is 0.348. The monoisotopic (exact) mass is 410 g/mol. The van der Waals surface area contributed by atoms with Crippen molar-refractivity contribution in [2.24, 2.45) is 0 Å². The molecule has 0 spiro atoms. The van der Waals surface area contributed by atoms with E-state index in [9.17, 15) is 14.4 Å². The maximum Gasteiger partial charge on any atom is 0.412 e. The van der Waals surface area contributed by atoms with Crippen LogP contribution in [-0.2, 0) is 27.3 Å². The molecule has 2 aromatic carbocycles. The van der Waals surface area contributed by atoms with E-state index in [1.54, 1.807) is 50.8 Å². The number of fused-ring (bicyclic) bond motifs is 1. The van der Waals surface area contributed by atoms with E-state index < -0.39 is 17.7 Å². The van der Waals surface area contributed by atoms with E-state index in [1.807, 2.05) is 24.3 Å². The molecule has 1 heterocycles. The summed E-state index contributed by atoms with van der Waals surface area (Å²) in [5.41, 5.74) is 2.00. The summed E-state index contributed by atoms with van der Waals surface area (Å²) in [7, 11) is 0. The molecule has 0 bridgehead atoms. The molecule has 0 radical (unpaired) electrons. The van der Waals surface area contributed by atoms with Gasteiger partial charge in [-0.1, -0.05) is 37.3 Å². The molecule has 30 heavy (non-hydrogen) atoms. The SMILES string of the molecule is CCC(=O)Oc1c(NC(=O)OC(C)(C)C)cccc1N1Cc2ccccc2CC1=O. The van der Waals surface area contributed by atoms with Crippen molar-refractivity contribution in [1.82, 2.24) is 0 Å². The molecule has 2 amide bonds. The topological polar surface area (TPSA) is 84.9 Å². The highest BCUT2D eigenvalue weighted by Gasteiger charge is 2.28. The van der Waals surface area contributed by atoms with Gasteiger partial charge in [-0.3, -0.25) is 14.9 Å². The molecule has 0 aromatic heterocycles. The first-order valence-electron chi connectivity index (χ1n) is 9.88. The number of anilines is 2. The van der Waals surface area contributed by atoms with Crippen LogP contribution in [0.25, 0.3) is 0 Å². The molecule has 1 aliphatic heterocycles. The Bertz CT molecular complexity index is 978. The molecule has 0 atom stereocenters. The summed E-state index contributed by atoms with van der Waals surface area (Å²) in [5.74, 6) is -0.459. The van der Waals surface area contributed by atoms with Crippen LogP contribution >= 0.6 is 0 Å². The van der Waals surface area contributed by atoms with Crippen LogP contribution in [0.15, 0.2) is 42.5 Å². The van der Waals surface area contributed by atoms with Crippen LogP contribution < -0.4 is 15.0 Å². The predicted octanol–water partition coefficient (Wildman–Crippen LogP) is 4.44. The van der Waals surface area contributed by atoms with Gasteiger partial charge in [0.1, 0.15) is 5.60 Å². The summed E-state index contributed by atoms with van der Waals surface area (Å²) in [4.78, 5) is 38.8. The second kappa shape index (κ2) is 8.57. The number of rotatable bonds is 4. The van der Waals surface area contributed by atoms with Crippen LogP contribution in [0.5, 0.6) is 5.75 Å². The molecule has 158 valence electrons. The minimum atomic E-state index is -0.686. The minimum Gasteiger partial charge on any atom is -0.444 e. The highest BCUT2D eigenvalue weighted by Crippen LogP contribution is 2.39. The zero-order valence-electron chi connectivity index (χ0n) is 17.7. The molecule has 2 aromatic rings. The van der Waals surface area contributed by atoms with E-state index in [4.69, 9.17) is 9.47 Å². The summed E-state index contributed by atoms with van der Waals surface area (Å²) >= 11 is 0. The quantitative estimate of drug-likeness (QED) is 0.595. The van der Waals surface area contributed by atoms with Gasteiger partial charge in [-0.2, -0.15) is 0 Å². The number of hydrogen-bond acceptors (Lipinski definition) is 5. The average Bonchev–Trinajstić information content (AvgIpc) is 2.67. The molecular weight excluding hydrogens is 384 g/mol. The summed E-state index contributed by atoms with van der Waals surface area (Å²) < 4.78 is 10.9. The van der Waals surface area contributed by atoms with Crippen molar-refractivity contribution in [2.45, 2.75) is 52.7 Å². The average molecular weight is 410 g/mol. The lowest BCUT2D eigenvalue weighted by Crippen LogP contribution is -2.36. The fourth-order valence-corrected chi connectivity index (χ4v) is 3.16. The van der Waals surface area contributed by atoms with Gasteiger partial charge in [-0.05, 0) is 44.0 Å².